The van der Waals surface area contributed by atoms with Gasteiger partial charge in [0.25, 0.3) is 0 Å². The first-order chi connectivity index (χ1) is 4.68. The number of hydrogen-bond donors (Lipinski definition) is 1. The molecule has 1 aliphatic rings. The van der Waals surface area contributed by atoms with Gasteiger partial charge in [0, 0.05) is 0 Å². The normalized spacial score (nSPS) is 21.6. The average Bonchev–Trinajstić information content (AvgIpc) is 2.46. The molecule has 1 fully saturated rings. The Bertz CT molecular complexity index is 90.9. The minimum atomic E-state index is -0.0208. The predicted octanol–water partition coefficient (Wildman–Crippen LogP) is 2.19. The van der Waals surface area contributed by atoms with Gasteiger partial charge in [0.1, 0.15) is 0 Å². The fraction of sp³-hybridized carbons (Fsp3) is 1.00. The molecule has 1 heteroatoms. The average molecular weight is 142 g/mol. The van der Waals surface area contributed by atoms with E-state index < -0.39 is 0 Å². The molecule has 1 aliphatic carbocycles. The van der Waals surface area contributed by atoms with Crippen molar-refractivity contribution in [3.63, 3.8) is 0 Å². The molecule has 1 atom stereocenters. The maximum Gasteiger partial charge on any atom is 0.0545 e. The van der Waals surface area contributed by atoms with Crippen molar-refractivity contribution in [3.05, 3.63) is 0 Å². The first kappa shape index (κ1) is 8.06. The molecule has 0 amide bonds. The van der Waals surface area contributed by atoms with Crippen molar-refractivity contribution in [2.45, 2.75) is 45.6 Å². The molecule has 1 nitrogen and oxygen atoms in total. The van der Waals surface area contributed by atoms with Crippen molar-refractivity contribution in [1.82, 2.24) is 0 Å². The van der Waals surface area contributed by atoms with E-state index in [1.165, 1.54) is 12.8 Å². The quantitative estimate of drug-likeness (QED) is 0.638. The van der Waals surface area contributed by atoms with Crippen LogP contribution in [0.25, 0.3) is 0 Å². The van der Waals surface area contributed by atoms with Gasteiger partial charge < -0.3 is 5.11 Å². The summed E-state index contributed by atoms with van der Waals surface area (Å²) in [5.41, 5.74) is 0. The minimum absolute atomic E-state index is 0.0208. The lowest BCUT2D eigenvalue weighted by atomic mass is 10.0. The van der Waals surface area contributed by atoms with Gasteiger partial charge >= 0.3 is 0 Å². The standard InChI is InChI=1S/C9H18O/c1-7(2)5-9(10)6-8-3-4-8/h7-10H,3-6H2,1-2H3. The summed E-state index contributed by atoms with van der Waals surface area (Å²) in [6.07, 6.45) is 4.73. The van der Waals surface area contributed by atoms with E-state index in [0.29, 0.717) is 5.92 Å². The second-order valence-corrected chi connectivity index (χ2v) is 3.96. The van der Waals surface area contributed by atoms with Gasteiger partial charge in [-0.15, -0.1) is 0 Å². The highest BCUT2D eigenvalue weighted by atomic mass is 16.3. The van der Waals surface area contributed by atoms with Gasteiger partial charge in [-0.05, 0) is 24.7 Å². The summed E-state index contributed by atoms with van der Waals surface area (Å²) in [5, 5.41) is 9.43. The van der Waals surface area contributed by atoms with Crippen molar-refractivity contribution in [2.24, 2.45) is 11.8 Å². The van der Waals surface area contributed by atoms with Gasteiger partial charge in [0.2, 0.25) is 0 Å². The smallest absolute Gasteiger partial charge is 0.0545 e. The Labute approximate surface area is 63.4 Å². The van der Waals surface area contributed by atoms with Gasteiger partial charge in [-0.1, -0.05) is 26.7 Å². The molecule has 0 bridgehead atoms. The maximum absolute atomic E-state index is 9.43. The zero-order valence-corrected chi connectivity index (χ0v) is 7.01. The molecular weight excluding hydrogens is 124 g/mol. The first-order valence-electron chi connectivity index (χ1n) is 4.36. The highest BCUT2D eigenvalue weighted by Gasteiger charge is 2.24. The molecule has 0 aromatic heterocycles. The van der Waals surface area contributed by atoms with Crippen molar-refractivity contribution in [2.75, 3.05) is 0 Å². The Morgan fingerprint density at radius 2 is 2.00 bits per heavy atom. The lowest BCUT2D eigenvalue weighted by molar-refractivity contribution is 0.133. The minimum Gasteiger partial charge on any atom is -0.393 e. The van der Waals surface area contributed by atoms with E-state index in [9.17, 15) is 5.11 Å². The van der Waals surface area contributed by atoms with E-state index in [1.54, 1.807) is 0 Å². The Kier molecular flexibility index (Phi) is 2.72. The van der Waals surface area contributed by atoms with Gasteiger partial charge in [-0.25, -0.2) is 0 Å². The van der Waals surface area contributed by atoms with Crippen LogP contribution in [0.3, 0.4) is 0 Å². The van der Waals surface area contributed by atoms with Crippen LogP contribution in [0.2, 0.25) is 0 Å². The maximum atomic E-state index is 9.43. The Balaban J connectivity index is 2.02. The summed E-state index contributed by atoms with van der Waals surface area (Å²) >= 11 is 0. The van der Waals surface area contributed by atoms with Crippen LogP contribution < -0.4 is 0 Å². The molecule has 0 heterocycles. The molecule has 0 aliphatic heterocycles. The summed E-state index contributed by atoms with van der Waals surface area (Å²) < 4.78 is 0. The molecule has 1 unspecified atom stereocenters. The molecule has 1 N–H and O–H groups in total. The van der Waals surface area contributed by atoms with Gasteiger partial charge in [-0.2, -0.15) is 0 Å². The number of hydrogen-bond acceptors (Lipinski definition) is 1. The van der Waals surface area contributed by atoms with Crippen LogP contribution in [0, 0.1) is 11.8 Å². The van der Waals surface area contributed by atoms with E-state index in [0.717, 1.165) is 18.8 Å². The van der Waals surface area contributed by atoms with Crippen molar-refractivity contribution in [1.29, 1.82) is 0 Å². The molecule has 0 saturated heterocycles. The van der Waals surface area contributed by atoms with E-state index in [-0.39, 0.29) is 6.10 Å². The first-order valence-corrected chi connectivity index (χ1v) is 4.36. The molecule has 10 heavy (non-hydrogen) atoms. The van der Waals surface area contributed by atoms with Gasteiger partial charge in [0.05, 0.1) is 6.10 Å². The Hall–Kier alpha value is -0.0400. The van der Waals surface area contributed by atoms with Gasteiger partial charge in [-0.3, -0.25) is 0 Å². The summed E-state index contributed by atoms with van der Waals surface area (Å²) in [5.74, 6) is 1.52. The van der Waals surface area contributed by atoms with Crippen LogP contribution in [-0.2, 0) is 0 Å². The number of aliphatic hydroxyl groups excluding tert-OH is 1. The molecule has 0 aromatic carbocycles. The molecule has 1 rings (SSSR count). The monoisotopic (exact) mass is 142 g/mol. The second kappa shape index (κ2) is 3.38. The van der Waals surface area contributed by atoms with Gasteiger partial charge in [0.15, 0.2) is 0 Å². The molecule has 0 spiro atoms. The molecule has 1 saturated carbocycles. The highest BCUT2D eigenvalue weighted by Crippen LogP contribution is 2.34. The van der Waals surface area contributed by atoms with Crippen LogP contribution in [-0.4, -0.2) is 11.2 Å². The SMILES string of the molecule is CC(C)CC(O)CC1CC1. The topological polar surface area (TPSA) is 20.2 Å². The lowest BCUT2D eigenvalue weighted by Crippen LogP contribution is -2.10. The van der Waals surface area contributed by atoms with Crippen LogP contribution in [0.5, 0.6) is 0 Å². The molecule has 0 radical (unpaired) electrons. The molecule has 0 aromatic rings. The van der Waals surface area contributed by atoms with Crippen LogP contribution in [0.4, 0.5) is 0 Å². The Morgan fingerprint density at radius 3 is 2.40 bits per heavy atom. The fourth-order valence-electron chi connectivity index (χ4n) is 1.38. The third-order valence-electron chi connectivity index (χ3n) is 2.05. The predicted molar refractivity (Wildman–Crippen MR) is 42.8 cm³/mol. The molecular formula is C9H18O. The third kappa shape index (κ3) is 3.21. The lowest BCUT2D eigenvalue weighted by Gasteiger charge is -2.11. The molecule has 60 valence electrons. The van der Waals surface area contributed by atoms with Crippen molar-refractivity contribution in [3.8, 4) is 0 Å². The van der Waals surface area contributed by atoms with Crippen LogP contribution >= 0.6 is 0 Å². The zero-order valence-electron chi connectivity index (χ0n) is 7.01. The zero-order chi connectivity index (χ0) is 7.56. The number of aliphatic hydroxyl groups is 1. The summed E-state index contributed by atoms with van der Waals surface area (Å²) in [7, 11) is 0. The van der Waals surface area contributed by atoms with Crippen LogP contribution in [0.15, 0.2) is 0 Å². The number of rotatable bonds is 4. The third-order valence-corrected chi connectivity index (χ3v) is 2.05. The summed E-state index contributed by atoms with van der Waals surface area (Å²) in [6, 6.07) is 0. The second-order valence-electron chi connectivity index (χ2n) is 3.96. The Morgan fingerprint density at radius 1 is 1.40 bits per heavy atom. The van der Waals surface area contributed by atoms with Crippen molar-refractivity contribution >= 4 is 0 Å². The summed E-state index contributed by atoms with van der Waals surface area (Å²) in [6.45, 7) is 4.33. The highest BCUT2D eigenvalue weighted by molar-refractivity contribution is 4.76. The summed E-state index contributed by atoms with van der Waals surface area (Å²) in [4.78, 5) is 0. The van der Waals surface area contributed by atoms with E-state index >= 15 is 0 Å². The van der Waals surface area contributed by atoms with E-state index in [2.05, 4.69) is 13.8 Å². The van der Waals surface area contributed by atoms with E-state index in [1.807, 2.05) is 0 Å². The van der Waals surface area contributed by atoms with Crippen molar-refractivity contribution < 1.29 is 5.11 Å². The van der Waals surface area contributed by atoms with E-state index in [4.69, 9.17) is 0 Å². The van der Waals surface area contributed by atoms with Crippen LogP contribution in [0.1, 0.15) is 39.5 Å². The fourth-order valence-corrected chi connectivity index (χ4v) is 1.38. The largest absolute Gasteiger partial charge is 0.393 e.